The van der Waals surface area contributed by atoms with Crippen molar-refractivity contribution in [2.45, 2.75) is 0 Å². The van der Waals surface area contributed by atoms with Gasteiger partial charge in [0, 0.05) is 23.6 Å². The Hall–Kier alpha value is -2.69. The van der Waals surface area contributed by atoms with E-state index in [4.69, 9.17) is 0 Å². The highest BCUT2D eigenvalue weighted by Crippen LogP contribution is 2.28. The van der Waals surface area contributed by atoms with E-state index in [-0.39, 0.29) is 5.91 Å². The van der Waals surface area contributed by atoms with Crippen LogP contribution in [0, 0.1) is 5.82 Å². The number of nitrogens with one attached hydrogen (secondary N) is 2. The minimum absolute atomic E-state index is 0.258. The standard InChI is InChI=1S/C15H12FN3O/c1-17-15(20)9-6-7-12(16)11(8-9)14-10-4-2-3-5-13(10)18-19-14/h2-8H,1H3,(H,17,20)(H,18,19). The molecule has 0 unspecified atom stereocenters. The summed E-state index contributed by atoms with van der Waals surface area (Å²) in [6.45, 7) is 0. The van der Waals surface area contributed by atoms with E-state index in [0.717, 1.165) is 10.9 Å². The molecule has 0 radical (unpaired) electrons. The molecule has 0 spiro atoms. The third-order valence-corrected chi connectivity index (χ3v) is 3.18. The van der Waals surface area contributed by atoms with Crippen LogP contribution in [0.5, 0.6) is 0 Å². The number of halogens is 1. The second-order valence-electron chi connectivity index (χ2n) is 4.39. The van der Waals surface area contributed by atoms with E-state index >= 15 is 0 Å². The molecule has 2 N–H and O–H groups in total. The topological polar surface area (TPSA) is 57.8 Å². The second-order valence-corrected chi connectivity index (χ2v) is 4.39. The zero-order valence-corrected chi connectivity index (χ0v) is 10.8. The van der Waals surface area contributed by atoms with Gasteiger partial charge in [-0.15, -0.1) is 0 Å². The van der Waals surface area contributed by atoms with Crippen molar-refractivity contribution in [3.05, 3.63) is 53.8 Å². The monoisotopic (exact) mass is 269 g/mol. The van der Waals surface area contributed by atoms with Gasteiger partial charge in [-0.1, -0.05) is 18.2 Å². The molecule has 3 aromatic rings. The van der Waals surface area contributed by atoms with Gasteiger partial charge in [-0.25, -0.2) is 4.39 Å². The van der Waals surface area contributed by atoms with Crippen molar-refractivity contribution in [1.82, 2.24) is 15.5 Å². The molecule has 100 valence electrons. The Morgan fingerprint density at radius 3 is 2.85 bits per heavy atom. The summed E-state index contributed by atoms with van der Waals surface area (Å²) in [6.07, 6.45) is 0. The number of carbonyl (C=O) groups is 1. The average Bonchev–Trinajstić information content (AvgIpc) is 2.91. The lowest BCUT2D eigenvalue weighted by Crippen LogP contribution is -2.17. The van der Waals surface area contributed by atoms with Crippen LogP contribution in [0.4, 0.5) is 4.39 Å². The number of fused-ring (bicyclic) bond motifs is 1. The summed E-state index contributed by atoms with van der Waals surface area (Å²) < 4.78 is 14.0. The Balaban J connectivity index is 2.21. The molecule has 2 aromatic carbocycles. The smallest absolute Gasteiger partial charge is 0.251 e. The maximum Gasteiger partial charge on any atom is 0.251 e. The molecule has 0 bridgehead atoms. The van der Waals surface area contributed by atoms with E-state index < -0.39 is 5.82 Å². The minimum atomic E-state index is -0.407. The molecule has 0 saturated carbocycles. The van der Waals surface area contributed by atoms with Gasteiger partial charge in [-0.2, -0.15) is 5.10 Å². The molecular weight excluding hydrogens is 257 g/mol. The minimum Gasteiger partial charge on any atom is -0.355 e. The number of para-hydroxylation sites is 1. The zero-order chi connectivity index (χ0) is 14.1. The van der Waals surface area contributed by atoms with E-state index in [1.165, 1.54) is 25.2 Å². The Bertz CT molecular complexity index is 795. The van der Waals surface area contributed by atoms with Gasteiger partial charge in [0.1, 0.15) is 11.5 Å². The molecule has 0 fully saturated rings. The zero-order valence-electron chi connectivity index (χ0n) is 10.8. The first-order valence-electron chi connectivity index (χ1n) is 6.16. The predicted octanol–water partition coefficient (Wildman–Crippen LogP) is 2.73. The van der Waals surface area contributed by atoms with Crippen molar-refractivity contribution in [1.29, 1.82) is 0 Å². The summed E-state index contributed by atoms with van der Waals surface area (Å²) in [6, 6.07) is 11.7. The van der Waals surface area contributed by atoms with Crippen molar-refractivity contribution in [3.8, 4) is 11.3 Å². The molecule has 20 heavy (non-hydrogen) atoms. The van der Waals surface area contributed by atoms with Crippen LogP contribution >= 0.6 is 0 Å². The summed E-state index contributed by atoms with van der Waals surface area (Å²) >= 11 is 0. The van der Waals surface area contributed by atoms with Crippen molar-refractivity contribution in [3.63, 3.8) is 0 Å². The van der Waals surface area contributed by atoms with Crippen LogP contribution in [-0.4, -0.2) is 23.2 Å². The first-order chi connectivity index (χ1) is 9.70. The van der Waals surface area contributed by atoms with Gasteiger partial charge in [-0.3, -0.25) is 9.89 Å². The van der Waals surface area contributed by atoms with Gasteiger partial charge in [0.25, 0.3) is 5.91 Å². The molecule has 1 aromatic heterocycles. The summed E-state index contributed by atoms with van der Waals surface area (Å²) in [5, 5.41) is 10.4. The highest BCUT2D eigenvalue weighted by molar-refractivity contribution is 5.97. The van der Waals surface area contributed by atoms with Crippen molar-refractivity contribution in [2.75, 3.05) is 7.05 Å². The lowest BCUT2D eigenvalue weighted by atomic mass is 10.0. The lowest BCUT2D eigenvalue weighted by molar-refractivity contribution is 0.0963. The van der Waals surface area contributed by atoms with Gasteiger partial charge in [-0.05, 0) is 24.3 Å². The average molecular weight is 269 g/mol. The summed E-state index contributed by atoms with van der Waals surface area (Å²) in [5.74, 6) is -0.666. The highest BCUT2D eigenvalue weighted by atomic mass is 19.1. The molecular formula is C15H12FN3O. The molecule has 0 aliphatic heterocycles. The lowest BCUT2D eigenvalue weighted by Gasteiger charge is -2.04. The van der Waals surface area contributed by atoms with E-state index in [1.807, 2.05) is 24.3 Å². The molecule has 4 nitrogen and oxygen atoms in total. The molecule has 0 aliphatic rings. The van der Waals surface area contributed by atoms with Gasteiger partial charge >= 0.3 is 0 Å². The largest absolute Gasteiger partial charge is 0.355 e. The number of nitrogens with zero attached hydrogens (tertiary/aromatic N) is 1. The Labute approximate surface area is 114 Å². The fourth-order valence-electron chi connectivity index (χ4n) is 2.16. The Morgan fingerprint density at radius 1 is 1.25 bits per heavy atom. The highest BCUT2D eigenvalue weighted by Gasteiger charge is 2.14. The van der Waals surface area contributed by atoms with Crippen molar-refractivity contribution in [2.24, 2.45) is 0 Å². The Morgan fingerprint density at radius 2 is 2.05 bits per heavy atom. The van der Waals surface area contributed by atoms with Crippen LogP contribution in [0.3, 0.4) is 0 Å². The van der Waals surface area contributed by atoms with Crippen LogP contribution in [0.2, 0.25) is 0 Å². The van der Waals surface area contributed by atoms with Crippen LogP contribution in [0.25, 0.3) is 22.2 Å². The number of aromatic amines is 1. The van der Waals surface area contributed by atoms with E-state index in [2.05, 4.69) is 15.5 Å². The summed E-state index contributed by atoms with van der Waals surface area (Å²) in [7, 11) is 1.54. The van der Waals surface area contributed by atoms with Crippen molar-refractivity contribution >= 4 is 16.8 Å². The first-order valence-corrected chi connectivity index (χ1v) is 6.16. The number of hydrogen-bond donors (Lipinski definition) is 2. The second kappa shape index (κ2) is 4.77. The van der Waals surface area contributed by atoms with Gasteiger partial charge in [0.2, 0.25) is 0 Å². The summed E-state index contributed by atoms with van der Waals surface area (Å²) in [4.78, 5) is 11.6. The van der Waals surface area contributed by atoms with Gasteiger partial charge in [0.05, 0.1) is 5.52 Å². The van der Waals surface area contributed by atoms with Gasteiger partial charge < -0.3 is 5.32 Å². The van der Waals surface area contributed by atoms with Crippen LogP contribution in [0.15, 0.2) is 42.5 Å². The third kappa shape index (κ3) is 1.93. The Kier molecular flexibility index (Phi) is 2.95. The SMILES string of the molecule is CNC(=O)c1ccc(F)c(-c2n[nH]c3ccccc23)c1. The summed E-state index contributed by atoms with van der Waals surface area (Å²) in [5.41, 5.74) is 2.04. The van der Waals surface area contributed by atoms with Crippen LogP contribution < -0.4 is 5.32 Å². The van der Waals surface area contributed by atoms with E-state index in [1.54, 1.807) is 0 Å². The molecule has 0 saturated heterocycles. The first kappa shape index (κ1) is 12.3. The number of carbonyl (C=O) groups excluding carboxylic acids is 1. The fourth-order valence-corrected chi connectivity index (χ4v) is 2.16. The molecule has 3 rings (SSSR count). The quantitative estimate of drug-likeness (QED) is 0.751. The van der Waals surface area contributed by atoms with Crippen LogP contribution in [-0.2, 0) is 0 Å². The molecule has 0 atom stereocenters. The fraction of sp³-hybridized carbons (Fsp3) is 0.0667. The third-order valence-electron chi connectivity index (χ3n) is 3.18. The van der Waals surface area contributed by atoms with Crippen molar-refractivity contribution < 1.29 is 9.18 Å². The van der Waals surface area contributed by atoms with E-state index in [0.29, 0.717) is 16.8 Å². The van der Waals surface area contributed by atoms with E-state index in [9.17, 15) is 9.18 Å². The van der Waals surface area contributed by atoms with Crippen LogP contribution in [0.1, 0.15) is 10.4 Å². The molecule has 5 heteroatoms. The number of benzene rings is 2. The number of rotatable bonds is 2. The number of aromatic nitrogens is 2. The molecule has 0 aliphatic carbocycles. The number of hydrogen-bond acceptors (Lipinski definition) is 2. The number of amides is 1. The van der Waals surface area contributed by atoms with Gasteiger partial charge in [0.15, 0.2) is 0 Å². The molecule has 1 heterocycles. The maximum atomic E-state index is 14.0. The predicted molar refractivity (Wildman–Crippen MR) is 74.9 cm³/mol. The normalized spacial score (nSPS) is 10.7. The maximum absolute atomic E-state index is 14.0. The number of H-pyrrole nitrogens is 1. The molecule has 1 amide bonds.